The molecule has 0 aliphatic heterocycles. The molecule has 0 fully saturated rings. The minimum atomic E-state index is -0.295. The van der Waals surface area contributed by atoms with Crippen molar-refractivity contribution in [2.45, 2.75) is 20.0 Å². The number of nitrogens with zero attached hydrogens (tertiary/aromatic N) is 1. The van der Waals surface area contributed by atoms with Crippen molar-refractivity contribution in [3.05, 3.63) is 65.5 Å². The summed E-state index contributed by atoms with van der Waals surface area (Å²) < 4.78 is 19.2. The average molecular weight is 273 g/mol. The number of hydrogen-bond donors (Lipinski definition) is 1. The third-order valence-corrected chi connectivity index (χ3v) is 2.99. The summed E-state index contributed by atoms with van der Waals surface area (Å²) in [5.74, 6) is 0.280. The first-order valence-electron chi connectivity index (χ1n) is 6.42. The summed E-state index contributed by atoms with van der Waals surface area (Å²) in [7, 11) is 0. The number of rotatable bonds is 5. The molecule has 3 nitrogen and oxygen atoms in total. The summed E-state index contributed by atoms with van der Waals surface area (Å²) in [6, 6.07) is 13.7. The van der Waals surface area contributed by atoms with E-state index in [0.29, 0.717) is 29.0 Å². The normalized spacial score (nSPS) is 11.4. The van der Waals surface area contributed by atoms with E-state index < -0.39 is 0 Å². The fourth-order valence-electron chi connectivity index (χ4n) is 1.92. The van der Waals surface area contributed by atoms with Crippen molar-refractivity contribution in [2.24, 2.45) is 5.16 Å². The second-order valence-electron chi connectivity index (χ2n) is 4.28. The molecule has 2 aromatic rings. The first-order chi connectivity index (χ1) is 9.76. The van der Waals surface area contributed by atoms with E-state index in [9.17, 15) is 4.39 Å². The van der Waals surface area contributed by atoms with E-state index in [2.05, 4.69) is 5.16 Å². The summed E-state index contributed by atoms with van der Waals surface area (Å²) in [6.07, 6.45) is 0.580. The van der Waals surface area contributed by atoms with E-state index in [1.165, 1.54) is 6.07 Å². The summed E-state index contributed by atoms with van der Waals surface area (Å²) >= 11 is 0. The van der Waals surface area contributed by atoms with Gasteiger partial charge in [0.15, 0.2) is 0 Å². The van der Waals surface area contributed by atoms with Gasteiger partial charge in [-0.3, -0.25) is 0 Å². The van der Waals surface area contributed by atoms with E-state index in [1.807, 2.05) is 25.1 Å². The molecule has 0 radical (unpaired) electrons. The first kappa shape index (κ1) is 14.1. The van der Waals surface area contributed by atoms with Crippen LogP contribution in [-0.2, 0) is 6.61 Å². The van der Waals surface area contributed by atoms with E-state index in [4.69, 9.17) is 9.94 Å². The zero-order valence-corrected chi connectivity index (χ0v) is 11.2. The second kappa shape index (κ2) is 6.70. The van der Waals surface area contributed by atoms with Gasteiger partial charge in [0.1, 0.15) is 18.2 Å². The van der Waals surface area contributed by atoms with Crippen LogP contribution in [0.1, 0.15) is 24.5 Å². The average Bonchev–Trinajstić information content (AvgIpc) is 2.49. The van der Waals surface area contributed by atoms with Crippen LogP contribution in [0.15, 0.2) is 53.7 Å². The minimum absolute atomic E-state index is 0.131. The molecule has 0 aromatic heterocycles. The van der Waals surface area contributed by atoms with Gasteiger partial charge in [-0.25, -0.2) is 4.39 Å². The Kier molecular flexibility index (Phi) is 4.71. The molecule has 0 heterocycles. The Morgan fingerprint density at radius 1 is 1.15 bits per heavy atom. The van der Waals surface area contributed by atoms with Crippen molar-refractivity contribution in [3.8, 4) is 5.75 Å². The third-order valence-electron chi connectivity index (χ3n) is 2.99. The van der Waals surface area contributed by atoms with E-state index in [-0.39, 0.29) is 12.4 Å². The maximum absolute atomic E-state index is 13.5. The van der Waals surface area contributed by atoms with E-state index >= 15 is 0 Å². The van der Waals surface area contributed by atoms with Gasteiger partial charge in [-0.2, -0.15) is 0 Å². The molecular weight excluding hydrogens is 257 g/mol. The molecule has 1 N–H and O–H groups in total. The van der Waals surface area contributed by atoms with Crippen LogP contribution >= 0.6 is 0 Å². The topological polar surface area (TPSA) is 41.8 Å². The Balaban J connectivity index is 2.20. The van der Waals surface area contributed by atoms with Gasteiger partial charge < -0.3 is 9.94 Å². The summed E-state index contributed by atoms with van der Waals surface area (Å²) in [6.45, 7) is 2.02. The van der Waals surface area contributed by atoms with E-state index in [1.54, 1.807) is 24.3 Å². The molecule has 2 rings (SSSR count). The molecule has 4 heteroatoms. The highest BCUT2D eigenvalue weighted by atomic mass is 19.1. The smallest absolute Gasteiger partial charge is 0.129 e. The molecule has 0 aliphatic carbocycles. The van der Waals surface area contributed by atoms with Gasteiger partial charge in [-0.15, -0.1) is 0 Å². The fraction of sp³-hybridized carbons (Fsp3) is 0.188. The maximum atomic E-state index is 13.5. The highest BCUT2D eigenvalue weighted by Gasteiger charge is 2.10. The Hall–Kier alpha value is -2.36. The number of para-hydroxylation sites is 1. The SMILES string of the molecule is CC/C(=N\O)c1ccccc1OCc1ccccc1F. The predicted octanol–water partition coefficient (Wildman–Crippen LogP) is 3.99. The lowest BCUT2D eigenvalue weighted by Gasteiger charge is -2.12. The van der Waals surface area contributed by atoms with Gasteiger partial charge in [0, 0.05) is 11.1 Å². The molecule has 0 saturated heterocycles. The lowest BCUT2D eigenvalue weighted by atomic mass is 10.1. The van der Waals surface area contributed by atoms with E-state index in [0.717, 1.165) is 0 Å². The van der Waals surface area contributed by atoms with Crippen molar-refractivity contribution in [1.29, 1.82) is 0 Å². The van der Waals surface area contributed by atoms with Crippen LogP contribution in [0.25, 0.3) is 0 Å². The fourth-order valence-corrected chi connectivity index (χ4v) is 1.92. The van der Waals surface area contributed by atoms with Gasteiger partial charge >= 0.3 is 0 Å². The van der Waals surface area contributed by atoms with Crippen molar-refractivity contribution in [2.75, 3.05) is 0 Å². The largest absolute Gasteiger partial charge is 0.488 e. The van der Waals surface area contributed by atoms with Crippen LogP contribution in [0.3, 0.4) is 0 Å². The lowest BCUT2D eigenvalue weighted by Crippen LogP contribution is -2.05. The molecule has 0 unspecified atom stereocenters. The molecule has 104 valence electrons. The Labute approximate surface area is 117 Å². The van der Waals surface area contributed by atoms with Crippen LogP contribution in [0.4, 0.5) is 4.39 Å². The number of benzene rings is 2. The van der Waals surface area contributed by atoms with Crippen LogP contribution in [0, 0.1) is 5.82 Å². The zero-order chi connectivity index (χ0) is 14.4. The lowest BCUT2D eigenvalue weighted by molar-refractivity contribution is 0.297. The molecular formula is C16H16FNO2. The Morgan fingerprint density at radius 3 is 2.55 bits per heavy atom. The molecule has 20 heavy (non-hydrogen) atoms. The number of hydrogen-bond acceptors (Lipinski definition) is 3. The molecule has 0 aliphatic rings. The summed E-state index contributed by atoms with van der Waals surface area (Å²) in [5, 5.41) is 12.3. The maximum Gasteiger partial charge on any atom is 0.129 e. The van der Waals surface area contributed by atoms with Crippen LogP contribution in [-0.4, -0.2) is 10.9 Å². The molecule has 0 spiro atoms. The third kappa shape index (κ3) is 3.15. The highest BCUT2D eigenvalue weighted by molar-refractivity contribution is 6.02. The van der Waals surface area contributed by atoms with Gasteiger partial charge in [0.25, 0.3) is 0 Å². The minimum Gasteiger partial charge on any atom is -0.488 e. The van der Waals surface area contributed by atoms with Crippen molar-refractivity contribution < 1.29 is 14.3 Å². The standard InChI is InChI=1S/C16H16FNO2/c1-2-15(18-19)13-8-4-6-10-16(13)20-11-12-7-3-5-9-14(12)17/h3-10,19H,2,11H2,1H3/b18-15+. The van der Waals surface area contributed by atoms with Crippen LogP contribution in [0.5, 0.6) is 5.75 Å². The van der Waals surface area contributed by atoms with Gasteiger partial charge in [-0.1, -0.05) is 42.4 Å². The number of oxime groups is 1. The molecule has 0 bridgehead atoms. The first-order valence-corrected chi connectivity index (χ1v) is 6.42. The van der Waals surface area contributed by atoms with Gasteiger partial charge in [0.05, 0.1) is 5.71 Å². The Bertz CT molecular complexity index is 611. The quantitative estimate of drug-likeness (QED) is 0.508. The number of halogens is 1. The number of ether oxygens (including phenoxy) is 1. The Morgan fingerprint density at radius 2 is 1.85 bits per heavy atom. The predicted molar refractivity (Wildman–Crippen MR) is 75.8 cm³/mol. The van der Waals surface area contributed by atoms with Crippen LogP contribution in [0.2, 0.25) is 0 Å². The van der Waals surface area contributed by atoms with Gasteiger partial charge in [-0.05, 0) is 24.6 Å². The van der Waals surface area contributed by atoms with Crippen LogP contribution < -0.4 is 4.74 Å². The monoisotopic (exact) mass is 273 g/mol. The molecule has 2 aromatic carbocycles. The van der Waals surface area contributed by atoms with Crippen molar-refractivity contribution in [3.63, 3.8) is 0 Å². The summed E-state index contributed by atoms with van der Waals surface area (Å²) in [4.78, 5) is 0. The van der Waals surface area contributed by atoms with Crippen molar-refractivity contribution in [1.82, 2.24) is 0 Å². The molecule has 0 atom stereocenters. The second-order valence-corrected chi connectivity index (χ2v) is 4.28. The zero-order valence-electron chi connectivity index (χ0n) is 11.2. The molecule has 0 amide bonds. The molecule has 0 saturated carbocycles. The van der Waals surface area contributed by atoms with Crippen molar-refractivity contribution >= 4 is 5.71 Å². The summed E-state index contributed by atoms with van der Waals surface area (Å²) in [5.41, 5.74) is 1.74. The van der Waals surface area contributed by atoms with Gasteiger partial charge in [0.2, 0.25) is 0 Å². The highest BCUT2D eigenvalue weighted by Crippen LogP contribution is 2.22.